The number of benzene rings is 2. The molecule has 0 saturated carbocycles. The lowest BCUT2D eigenvalue weighted by molar-refractivity contribution is 0.0697. The Morgan fingerprint density at radius 1 is 1.03 bits per heavy atom. The largest absolute Gasteiger partial charge is 0.478 e. The molecule has 172 valence electrons. The molecule has 0 unspecified atom stereocenters. The Kier molecular flexibility index (Phi) is 7.16. The number of morpholine rings is 1. The Balaban J connectivity index is 1.46. The van der Waals surface area contributed by atoms with E-state index < -0.39 is 5.97 Å². The third kappa shape index (κ3) is 6.07. The molecule has 1 saturated heterocycles. The fourth-order valence-electron chi connectivity index (χ4n) is 3.10. The number of anilines is 3. The average Bonchev–Trinajstić information content (AvgIpc) is 2.85. The number of rotatable bonds is 9. The number of ether oxygens (including phenoxy) is 3. The van der Waals surface area contributed by atoms with Crippen LogP contribution < -0.4 is 19.7 Å². The minimum absolute atomic E-state index is 0.206. The van der Waals surface area contributed by atoms with E-state index in [0.29, 0.717) is 56.3 Å². The number of aromatic carboxylic acids is 1. The van der Waals surface area contributed by atoms with Crippen LogP contribution in [0.15, 0.2) is 48.5 Å². The Bertz CT molecular complexity index is 1070. The van der Waals surface area contributed by atoms with Crippen LogP contribution in [-0.2, 0) is 4.74 Å². The van der Waals surface area contributed by atoms with Crippen LogP contribution >= 0.6 is 0 Å². The van der Waals surface area contributed by atoms with Crippen molar-refractivity contribution in [1.82, 2.24) is 15.0 Å². The number of aromatic nitrogens is 3. The molecule has 1 aliphatic heterocycles. The maximum absolute atomic E-state index is 11.0. The molecule has 2 heterocycles. The van der Waals surface area contributed by atoms with Crippen molar-refractivity contribution in [1.29, 1.82) is 0 Å². The lowest BCUT2D eigenvalue weighted by Gasteiger charge is -2.27. The first-order valence-corrected chi connectivity index (χ1v) is 10.7. The van der Waals surface area contributed by atoms with Gasteiger partial charge in [-0.05, 0) is 55.0 Å². The molecule has 0 radical (unpaired) electrons. The minimum Gasteiger partial charge on any atom is -0.478 e. The van der Waals surface area contributed by atoms with Crippen molar-refractivity contribution in [3.05, 3.63) is 54.1 Å². The van der Waals surface area contributed by atoms with Crippen molar-refractivity contribution < 1.29 is 24.1 Å². The zero-order valence-electron chi connectivity index (χ0n) is 18.2. The summed E-state index contributed by atoms with van der Waals surface area (Å²) in [4.78, 5) is 26.4. The highest BCUT2D eigenvalue weighted by Gasteiger charge is 2.17. The van der Waals surface area contributed by atoms with E-state index in [1.165, 1.54) is 12.1 Å². The molecule has 0 atom stereocenters. The molecule has 2 aromatic carbocycles. The van der Waals surface area contributed by atoms with Gasteiger partial charge < -0.3 is 29.5 Å². The van der Waals surface area contributed by atoms with E-state index in [4.69, 9.17) is 19.3 Å². The summed E-state index contributed by atoms with van der Waals surface area (Å²) in [5.74, 6) is 1.11. The fourth-order valence-corrected chi connectivity index (χ4v) is 3.10. The van der Waals surface area contributed by atoms with E-state index in [1.807, 2.05) is 24.0 Å². The fraction of sp³-hybridized carbons (Fsp3) is 0.304. The van der Waals surface area contributed by atoms with Crippen LogP contribution in [0.2, 0.25) is 0 Å². The predicted molar refractivity (Wildman–Crippen MR) is 122 cm³/mol. The van der Waals surface area contributed by atoms with E-state index in [2.05, 4.69) is 20.3 Å². The molecule has 1 aromatic heterocycles. The summed E-state index contributed by atoms with van der Waals surface area (Å²) in [5, 5.41) is 12.2. The Hall–Kier alpha value is -3.92. The maximum Gasteiger partial charge on any atom is 0.335 e. The van der Waals surface area contributed by atoms with Gasteiger partial charge in [0.05, 0.1) is 25.4 Å². The highest BCUT2D eigenvalue weighted by Crippen LogP contribution is 2.25. The summed E-state index contributed by atoms with van der Waals surface area (Å²) in [6, 6.07) is 13.8. The second-order valence-electron chi connectivity index (χ2n) is 7.27. The molecule has 1 aliphatic rings. The summed E-state index contributed by atoms with van der Waals surface area (Å²) >= 11 is 0. The second-order valence-corrected chi connectivity index (χ2v) is 7.27. The van der Waals surface area contributed by atoms with Gasteiger partial charge in [-0.2, -0.15) is 15.0 Å². The van der Waals surface area contributed by atoms with Crippen LogP contribution in [0.1, 0.15) is 23.7 Å². The summed E-state index contributed by atoms with van der Waals surface area (Å²) in [6.07, 6.45) is 0.849. The number of carboxylic acids is 1. The zero-order chi connectivity index (χ0) is 23.0. The van der Waals surface area contributed by atoms with Crippen molar-refractivity contribution >= 4 is 23.6 Å². The molecular weight excluding hydrogens is 426 g/mol. The van der Waals surface area contributed by atoms with Crippen molar-refractivity contribution in [2.24, 2.45) is 0 Å². The van der Waals surface area contributed by atoms with Gasteiger partial charge in [-0.25, -0.2) is 4.79 Å². The van der Waals surface area contributed by atoms with Crippen molar-refractivity contribution in [3.63, 3.8) is 0 Å². The molecular formula is C23H25N5O5. The summed E-state index contributed by atoms with van der Waals surface area (Å²) in [6.45, 7) is 5.20. The van der Waals surface area contributed by atoms with E-state index in [9.17, 15) is 4.79 Å². The van der Waals surface area contributed by atoms with E-state index in [1.54, 1.807) is 24.3 Å². The van der Waals surface area contributed by atoms with Gasteiger partial charge in [-0.15, -0.1) is 0 Å². The van der Waals surface area contributed by atoms with Gasteiger partial charge in [0, 0.05) is 18.8 Å². The Morgan fingerprint density at radius 2 is 1.70 bits per heavy atom. The van der Waals surface area contributed by atoms with Gasteiger partial charge in [0.1, 0.15) is 11.5 Å². The van der Waals surface area contributed by atoms with Gasteiger partial charge >= 0.3 is 12.0 Å². The molecule has 10 heteroatoms. The molecule has 3 aromatic rings. The zero-order valence-corrected chi connectivity index (χ0v) is 18.2. The number of hydrogen-bond acceptors (Lipinski definition) is 9. The third-order valence-electron chi connectivity index (χ3n) is 4.78. The topological polar surface area (TPSA) is 119 Å². The molecule has 33 heavy (non-hydrogen) atoms. The molecule has 10 nitrogen and oxygen atoms in total. The first-order valence-electron chi connectivity index (χ1n) is 10.7. The number of hydrogen-bond donors (Lipinski definition) is 2. The average molecular weight is 451 g/mol. The van der Waals surface area contributed by atoms with Crippen LogP contribution in [0.5, 0.6) is 17.5 Å². The first kappa shape index (κ1) is 22.3. The molecule has 0 spiro atoms. The second kappa shape index (κ2) is 10.6. The molecule has 0 bridgehead atoms. The van der Waals surface area contributed by atoms with Gasteiger partial charge in [-0.3, -0.25) is 0 Å². The van der Waals surface area contributed by atoms with E-state index in [-0.39, 0.29) is 11.6 Å². The molecule has 2 N–H and O–H groups in total. The quantitative estimate of drug-likeness (QED) is 0.498. The highest BCUT2D eigenvalue weighted by molar-refractivity contribution is 5.87. The predicted octanol–water partition coefficient (Wildman–Crippen LogP) is 3.73. The SMILES string of the molecule is CCCOc1nc(Nc2ccc(Oc3ccc(C(=O)O)cc3)cc2)nc(N2CCOCC2)n1. The Morgan fingerprint density at radius 3 is 2.33 bits per heavy atom. The van der Waals surface area contributed by atoms with Gasteiger partial charge in [0.25, 0.3) is 0 Å². The molecule has 0 amide bonds. The standard InChI is InChI=1S/C23H25N5O5/c1-2-13-32-23-26-21(25-22(27-23)28-11-14-31-15-12-28)24-17-5-9-19(10-6-17)33-18-7-3-16(4-8-18)20(29)30/h3-10H,2,11-15H2,1H3,(H,29,30)(H,24,25,26,27). The van der Waals surface area contributed by atoms with Crippen LogP contribution in [0.25, 0.3) is 0 Å². The Labute approximate surface area is 191 Å². The van der Waals surface area contributed by atoms with E-state index >= 15 is 0 Å². The monoisotopic (exact) mass is 451 g/mol. The molecule has 1 fully saturated rings. The van der Waals surface area contributed by atoms with Gasteiger partial charge in [0.15, 0.2) is 0 Å². The first-order chi connectivity index (χ1) is 16.1. The minimum atomic E-state index is -0.977. The van der Waals surface area contributed by atoms with Crippen LogP contribution in [-0.4, -0.2) is 58.9 Å². The highest BCUT2D eigenvalue weighted by atomic mass is 16.5. The maximum atomic E-state index is 11.0. The number of carboxylic acid groups (broad SMARTS) is 1. The van der Waals surface area contributed by atoms with Gasteiger partial charge in [0.2, 0.25) is 11.9 Å². The van der Waals surface area contributed by atoms with Crippen molar-refractivity contribution in [2.45, 2.75) is 13.3 Å². The van der Waals surface area contributed by atoms with E-state index in [0.717, 1.165) is 12.1 Å². The third-order valence-corrected chi connectivity index (χ3v) is 4.78. The summed E-state index contributed by atoms with van der Waals surface area (Å²) in [7, 11) is 0. The lowest BCUT2D eigenvalue weighted by atomic mass is 10.2. The molecule has 4 rings (SSSR count). The van der Waals surface area contributed by atoms with Crippen LogP contribution in [0, 0.1) is 0 Å². The lowest BCUT2D eigenvalue weighted by Crippen LogP contribution is -2.37. The molecule has 0 aliphatic carbocycles. The van der Waals surface area contributed by atoms with Crippen LogP contribution in [0.3, 0.4) is 0 Å². The summed E-state index contributed by atoms with van der Waals surface area (Å²) < 4.78 is 16.9. The van der Waals surface area contributed by atoms with Crippen molar-refractivity contribution in [2.75, 3.05) is 43.1 Å². The summed E-state index contributed by atoms with van der Waals surface area (Å²) in [5.41, 5.74) is 0.974. The number of carbonyl (C=O) groups is 1. The number of nitrogens with one attached hydrogen (secondary N) is 1. The smallest absolute Gasteiger partial charge is 0.335 e. The van der Waals surface area contributed by atoms with Crippen LogP contribution in [0.4, 0.5) is 17.6 Å². The van der Waals surface area contributed by atoms with Gasteiger partial charge in [-0.1, -0.05) is 6.92 Å². The normalized spacial score (nSPS) is 13.4. The number of nitrogens with zero attached hydrogens (tertiary/aromatic N) is 4. The van der Waals surface area contributed by atoms with Crippen molar-refractivity contribution in [3.8, 4) is 17.5 Å².